The summed E-state index contributed by atoms with van der Waals surface area (Å²) in [5, 5.41) is 10.3. The molecule has 0 N–H and O–H groups in total. The van der Waals surface area contributed by atoms with E-state index in [1.165, 1.54) is 11.1 Å². The van der Waals surface area contributed by atoms with Crippen molar-refractivity contribution in [3.05, 3.63) is 113 Å². The molecule has 10 heteroatoms. The molecule has 0 saturated carbocycles. The van der Waals surface area contributed by atoms with Crippen molar-refractivity contribution in [1.82, 2.24) is 24.7 Å². The zero-order valence-corrected chi connectivity index (χ0v) is 25.7. The minimum atomic E-state index is -3.93. The van der Waals surface area contributed by atoms with Crippen LogP contribution in [0.1, 0.15) is 42.5 Å². The molecule has 0 aliphatic carbocycles. The highest BCUT2D eigenvalue weighted by Crippen LogP contribution is 2.35. The quantitative estimate of drug-likeness (QED) is 0.213. The summed E-state index contributed by atoms with van der Waals surface area (Å²) in [6.07, 6.45) is 0. The van der Waals surface area contributed by atoms with Crippen LogP contribution < -0.4 is 4.90 Å². The predicted octanol–water partition coefficient (Wildman–Crippen LogP) is 6.21. The van der Waals surface area contributed by atoms with E-state index in [4.69, 9.17) is 4.98 Å². The number of piperazine rings is 1. The fourth-order valence-electron chi connectivity index (χ4n) is 5.92. The summed E-state index contributed by atoms with van der Waals surface area (Å²) < 4.78 is 30.1. The second-order valence-electron chi connectivity index (χ2n) is 11.2. The van der Waals surface area contributed by atoms with Gasteiger partial charge in [0.2, 0.25) is 14.9 Å². The first-order chi connectivity index (χ1) is 20.9. The average Bonchev–Trinajstić information content (AvgIpc) is 3.70. The number of hydrogen-bond acceptors (Lipinski definition) is 8. The molecule has 0 bridgehead atoms. The maximum Gasteiger partial charge on any atom is 0.229 e. The Labute approximate surface area is 255 Å². The fourth-order valence-corrected chi connectivity index (χ4v) is 8.04. The summed E-state index contributed by atoms with van der Waals surface area (Å²) in [6.45, 7) is 7.34. The first-order valence-electron chi connectivity index (χ1n) is 14.5. The Morgan fingerprint density at radius 3 is 2.00 bits per heavy atom. The minimum Gasteiger partial charge on any atom is -0.353 e. The van der Waals surface area contributed by atoms with Crippen molar-refractivity contribution in [1.29, 1.82) is 0 Å². The molecule has 4 heterocycles. The molecule has 0 atom stereocenters. The van der Waals surface area contributed by atoms with Gasteiger partial charge in [-0.1, -0.05) is 91.9 Å². The van der Waals surface area contributed by atoms with E-state index in [-0.39, 0.29) is 21.6 Å². The first kappa shape index (κ1) is 27.7. The minimum absolute atomic E-state index is 0.119. The molecule has 1 aliphatic rings. The van der Waals surface area contributed by atoms with Crippen LogP contribution in [0.3, 0.4) is 0 Å². The topological polar surface area (TPSA) is 83.7 Å². The summed E-state index contributed by atoms with van der Waals surface area (Å²) in [4.78, 5) is 9.93. The molecule has 1 saturated heterocycles. The maximum atomic E-state index is 13.8. The third kappa shape index (κ3) is 4.99. The van der Waals surface area contributed by atoms with Crippen LogP contribution in [-0.2, 0) is 9.84 Å². The molecule has 1 fully saturated rings. The number of hydrogen-bond donors (Lipinski definition) is 0. The van der Waals surface area contributed by atoms with Gasteiger partial charge in [0.15, 0.2) is 11.5 Å². The lowest BCUT2D eigenvalue weighted by molar-refractivity contribution is 0.212. The van der Waals surface area contributed by atoms with E-state index in [1.54, 1.807) is 28.0 Å². The van der Waals surface area contributed by atoms with Gasteiger partial charge in [-0.25, -0.2) is 13.4 Å². The Bertz CT molecular complexity index is 1940. The van der Waals surface area contributed by atoms with Gasteiger partial charge in [0.25, 0.3) is 0 Å². The van der Waals surface area contributed by atoms with E-state index < -0.39 is 9.84 Å². The van der Waals surface area contributed by atoms with E-state index >= 15 is 0 Å². The first-order valence-corrected chi connectivity index (χ1v) is 16.8. The van der Waals surface area contributed by atoms with Crippen molar-refractivity contribution < 1.29 is 8.42 Å². The Morgan fingerprint density at radius 2 is 1.40 bits per heavy atom. The molecule has 8 nitrogen and oxygen atoms in total. The van der Waals surface area contributed by atoms with Crippen molar-refractivity contribution in [2.45, 2.75) is 35.7 Å². The highest BCUT2D eigenvalue weighted by Gasteiger charge is 2.31. The van der Waals surface area contributed by atoms with Crippen molar-refractivity contribution in [3.63, 3.8) is 0 Å². The summed E-state index contributed by atoms with van der Waals surface area (Å²) in [7, 11) is -3.93. The number of fused-ring (bicyclic) bond motifs is 3. The van der Waals surface area contributed by atoms with E-state index in [2.05, 4.69) is 94.6 Å². The lowest BCUT2D eigenvalue weighted by atomic mass is 9.96. The van der Waals surface area contributed by atoms with Crippen LogP contribution in [0.15, 0.2) is 106 Å². The van der Waals surface area contributed by atoms with Gasteiger partial charge < -0.3 is 4.90 Å². The smallest absolute Gasteiger partial charge is 0.229 e. The number of nitrogens with zero attached hydrogens (tertiary/aromatic N) is 6. The van der Waals surface area contributed by atoms with E-state index in [0.29, 0.717) is 5.92 Å². The van der Waals surface area contributed by atoms with Crippen molar-refractivity contribution in [3.8, 4) is 0 Å². The molecule has 43 heavy (non-hydrogen) atoms. The van der Waals surface area contributed by atoms with E-state index in [1.807, 2.05) is 23.6 Å². The number of sulfone groups is 1. The second kappa shape index (κ2) is 11.2. The number of benzene rings is 3. The largest absolute Gasteiger partial charge is 0.353 e. The van der Waals surface area contributed by atoms with Gasteiger partial charge in [-0.15, -0.1) is 16.4 Å². The Morgan fingerprint density at radius 1 is 0.767 bits per heavy atom. The van der Waals surface area contributed by atoms with Gasteiger partial charge in [-0.2, -0.15) is 4.52 Å². The van der Waals surface area contributed by atoms with Gasteiger partial charge in [0.05, 0.1) is 21.2 Å². The lowest BCUT2D eigenvalue weighted by Gasteiger charge is -2.40. The molecule has 7 rings (SSSR count). The van der Waals surface area contributed by atoms with Gasteiger partial charge >= 0.3 is 0 Å². The van der Waals surface area contributed by atoms with Gasteiger partial charge in [-0.05, 0) is 46.2 Å². The molecule has 0 radical (unpaired) electrons. The normalized spacial score (nSPS) is 14.8. The monoisotopic (exact) mass is 608 g/mol. The van der Waals surface area contributed by atoms with Gasteiger partial charge in [-0.3, -0.25) is 4.90 Å². The maximum absolute atomic E-state index is 13.8. The summed E-state index contributed by atoms with van der Waals surface area (Å²) in [5.41, 5.74) is 4.67. The van der Waals surface area contributed by atoms with Crippen LogP contribution in [0, 0.1) is 0 Å². The Kier molecular flexibility index (Phi) is 7.20. The van der Waals surface area contributed by atoms with Crippen LogP contribution in [-0.4, -0.2) is 59.3 Å². The molecule has 0 unspecified atom stereocenters. The summed E-state index contributed by atoms with van der Waals surface area (Å²) in [6, 6.07) is 30.4. The zero-order valence-electron chi connectivity index (χ0n) is 24.0. The van der Waals surface area contributed by atoms with Crippen molar-refractivity contribution in [2.75, 3.05) is 31.1 Å². The predicted molar refractivity (Wildman–Crippen MR) is 171 cm³/mol. The van der Waals surface area contributed by atoms with Crippen LogP contribution in [0.4, 0.5) is 5.82 Å². The molecule has 0 amide bonds. The molecule has 218 valence electrons. The molecule has 3 aromatic heterocycles. The van der Waals surface area contributed by atoms with Crippen LogP contribution in [0.25, 0.3) is 15.9 Å². The highest BCUT2D eigenvalue weighted by atomic mass is 32.2. The SMILES string of the molecule is CC(C)c1ccc(S(=O)(=O)c2nnn3c2nc(N2CCN(C(c4ccccc4)c4ccccc4)CC2)c2sccc23)cc1. The molecule has 0 spiro atoms. The van der Waals surface area contributed by atoms with Crippen molar-refractivity contribution >= 4 is 42.9 Å². The number of rotatable bonds is 7. The van der Waals surface area contributed by atoms with E-state index in [0.717, 1.165) is 47.8 Å². The highest BCUT2D eigenvalue weighted by molar-refractivity contribution is 7.91. The van der Waals surface area contributed by atoms with Gasteiger partial charge in [0.1, 0.15) is 0 Å². The Balaban J connectivity index is 1.23. The summed E-state index contributed by atoms with van der Waals surface area (Å²) >= 11 is 1.58. The third-order valence-electron chi connectivity index (χ3n) is 8.23. The van der Waals surface area contributed by atoms with Crippen LogP contribution in [0.2, 0.25) is 0 Å². The molecule has 6 aromatic rings. The number of thiophene rings is 1. The average molecular weight is 609 g/mol. The molecule has 1 aliphatic heterocycles. The molecule has 3 aromatic carbocycles. The van der Waals surface area contributed by atoms with Crippen molar-refractivity contribution in [2.24, 2.45) is 0 Å². The van der Waals surface area contributed by atoms with Crippen LogP contribution in [0.5, 0.6) is 0 Å². The standard InChI is InChI=1S/C33H32N6O2S2/c1-23(2)24-13-15-27(16-14-24)43(40,41)33-32-34-31(30-28(17-22-42-30)39(32)36-35-33)38-20-18-37(19-21-38)29(25-9-5-3-6-10-25)26-11-7-4-8-12-26/h3-17,22-23,29H,18-21H2,1-2H3. The van der Waals surface area contributed by atoms with E-state index in [9.17, 15) is 8.42 Å². The third-order valence-corrected chi connectivity index (χ3v) is 10.8. The summed E-state index contributed by atoms with van der Waals surface area (Å²) in [5.74, 6) is 1.08. The number of aromatic nitrogens is 4. The van der Waals surface area contributed by atoms with Crippen LogP contribution >= 0.6 is 11.3 Å². The zero-order chi connectivity index (χ0) is 29.6. The lowest BCUT2D eigenvalue weighted by Crippen LogP contribution is -2.48. The molecular weight excluding hydrogens is 577 g/mol. The number of anilines is 1. The Hall–Kier alpha value is -4.12. The fraction of sp³-hybridized carbons (Fsp3) is 0.242. The molecular formula is C33H32N6O2S2. The second-order valence-corrected chi connectivity index (χ2v) is 14.0. The van der Waals surface area contributed by atoms with Gasteiger partial charge in [0, 0.05) is 26.2 Å².